The zero-order chi connectivity index (χ0) is 22.2. The van der Waals surface area contributed by atoms with Crippen LogP contribution in [-0.2, 0) is 23.9 Å². The van der Waals surface area contributed by atoms with Crippen LogP contribution in [0, 0.1) is 11.8 Å². The van der Waals surface area contributed by atoms with Gasteiger partial charge in [-0.1, -0.05) is 44.6 Å². The first-order valence-electron chi connectivity index (χ1n) is 11.4. The monoisotopic (exact) mass is 432 g/mol. The van der Waals surface area contributed by atoms with Crippen LogP contribution in [0.4, 0.5) is 0 Å². The largest absolute Gasteiger partial charge is 0.465 e. The lowest BCUT2D eigenvalue weighted by molar-refractivity contribution is -0.162. The lowest BCUT2D eigenvalue weighted by Gasteiger charge is -2.38. The van der Waals surface area contributed by atoms with E-state index in [4.69, 9.17) is 9.47 Å². The predicted molar refractivity (Wildman–Crippen MR) is 112 cm³/mol. The van der Waals surface area contributed by atoms with Gasteiger partial charge in [0.2, 0.25) is 11.8 Å². The van der Waals surface area contributed by atoms with Crippen molar-refractivity contribution in [3.05, 3.63) is 24.3 Å². The summed E-state index contributed by atoms with van der Waals surface area (Å²) in [6.07, 6.45) is 10.4. The normalized spacial score (nSPS) is 37.1. The molecule has 0 aromatic carbocycles. The van der Waals surface area contributed by atoms with Crippen molar-refractivity contribution in [2.75, 3.05) is 32.8 Å². The van der Waals surface area contributed by atoms with E-state index in [-0.39, 0.29) is 31.6 Å². The van der Waals surface area contributed by atoms with Gasteiger partial charge in [-0.2, -0.15) is 0 Å². The summed E-state index contributed by atoms with van der Waals surface area (Å²) in [7, 11) is 0. The minimum Gasteiger partial charge on any atom is -0.465 e. The number of hydrogen-bond acceptors (Lipinski definition) is 6. The van der Waals surface area contributed by atoms with Gasteiger partial charge in [-0.05, 0) is 19.3 Å². The van der Waals surface area contributed by atoms with Gasteiger partial charge >= 0.3 is 5.97 Å². The lowest BCUT2D eigenvalue weighted by atomic mass is 9.73. The molecule has 8 nitrogen and oxygen atoms in total. The zero-order valence-electron chi connectivity index (χ0n) is 18.3. The number of aliphatic hydroxyl groups excluding tert-OH is 1. The Balaban J connectivity index is 1.85. The highest BCUT2D eigenvalue weighted by Gasteiger charge is 2.75. The topological polar surface area (TPSA) is 96.4 Å². The van der Waals surface area contributed by atoms with Crippen LogP contribution in [-0.4, -0.2) is 82.8 Å². The van der Waals surface area contributed by atoms with Gasteiger partial charge in [0.1, 0.15) is 23.2 Å². The molecule has 4 heterocycles. The molecule has 1 spiro atoms. The van der Waals surface area contributed by atoms with Gasteiger partial charge in [-0.25, -0.2) is 0 Å². The summed E-state index contributed by atoms with van der Waals surface area (Å²) in [6.45, 7) is 4.99. The first-order valence-corrected chi connectivity index (χ1v) is 11.4. The molecule has 2 fully saturated rings. The summed E-state index contributed by atoms with van der Waals surface area (Å²) in [5.74, 6) is -2.70. The quantitative estimate of drug-likeness (QED) is 0.498. The number of β-amino-alcohol motifs (C(OH)–C–C–N with tert-alkyl or cyclic N) is 1. The van der Waals surface area contributed by atoms with Crippen LogP contribution in [0.15, 0.2) is 24.3 Å². The highest BCUT2D eigenvalue weighted by Crippen LogP contribution is 2.58. The molecule has 4 aliphatic heterocycles. The Hall–Kier alpha value is -2.19. The lowest BCUT2D eigenvalue weighted by Crippen LogP contribution is -2.56. The van der Waals surface area contributed by atoms with Gasteiger partial charge in [0.05, 0.1) is 19.1 Å². The Kier molecular flexibility index (Phi) is 5.96. The first kappa shape index (κ1) is 22.0. The molecule has 1 N–H and O–H groups in total. The third-order valence-electron chi connectivity index (χ3n) is 7.11. The first-order chi connectivity index (χ1) is 15.0. The van der Waals surface area contributed by atoms with Crippen molar-refractivity contribution in [3.8, 4) is 0 Å². The van der Waals surface area contributed by atoms with E-state index in [0.717, 1.165) is 12.8 Å². The minimum absolute atomic E-state index is 0.0169. The van der Waals surface area contributed by atoms with Gasteiger partial charge in [-0.15, -0.1) is 0 Å². The van der Waals surface area contributed by atoms with Crippen LogP contribution >= 0.6 is 0 Å². The SMILES string of the molecule is CCCCN1CC=C[C@]23O[C@@]4(CC)C=CCCOC(=O)[C@H]4[C@H]2C(=O)N(CCO)C3C1=O. The molecule has 0 bridgehead atoms. The van der Waals surface area contributed by atoms with E-state index in [1.165, 1.54) is 4.90 Å². The molecule has 0 saturated carbocycles. The van der Waals surface area contributed by atoms with Crippen molar-refractivity contribution in [2.45, 2.75) is 56.8 Å². The van der Waals surface area contributed by atoms with Crippen molar-refractivity contribution in [3.63, 3.8) is 0 Å². The predicted octanol–water partition coefficient (Wildman–Crippen LogP) is 1.04. The molecule has 170 valence electrons. The van der Waals surface area contributed by atoms with Crippen molar-refractivity contribution in [2.24, 2.45) is 11.8 Å². The number of carbonyl (C=O) groups excluding carboxylic acids is 3. The van der Waals surface area contributed by atoms with Crippen LogP contribution in [0.1, 0.15) is 39.5 Å². The second-order valence-electron chi connectivity index (χ2n) is 8.78. The molecule has 8 heteroatoms. The molecular formula is C23H32N2O6. The number of ether oxygens (including phenoxy) is 2. The summed E-state index contributed by atoms with van der Waals surface area (Å²) >= 11 is 0. The Bertz CT molecular complexity index is 810. The van der Waals surface area contributed by atoms with E-state index in [0.29, 0.717) is 25.9 Å². The second kappa shape index (κ2) is 8.39. The van der Waals surface area contributed by atoms with Crippen LogP contribution in [0.5, 0.6) is 0 Å². The maximum absolute atomic E-state index is 13.7. The highest BCUT2D eigenvalue weighted by molar-refractivity contribution is 5.99. The van der Waals surface area contributed by atoms with E-state index >= 15 is 0 Å². The zero-order valence-corrected chi connectivity index (χ0v) is 18.3. The van der Waals surface area contributed by atoms with E-state index < -0.39 is 35.0 Å². The fourth-order valence-corrected chi connectivity index (χ4v) is 5.67. The third kappa shape index (κ3) is 3.22. The summed E-state index contributed by atoms with van der Waals surface area (Å²) in [4.78, 5) is 43.7. The summed E-state index contributed by atoms with van der Waals surface area (Å²) in [5.41, 5.74) is -2.27. The number of unbranched alkanes of at least 4 members (excludes halogenated alkanes) is 1. The molecule has 31 heavy (non-hydrogen) atoms. The molecule has 2 saturated heterocycles. The van der Waals surface area contributed by atoms with Crippen LogP contribution < -0.4 is 0 Å². The molecule has 4 aliphatic rings. The average molecular weight is 433 g/mol. The van der Waals surface area contributed by atoms with Gasteiger partial charge in [0.25, 0.3) is 0 Å². The number of cyclic esters (lactones) is 1. The minimum atomic E-state index is -1.27. The molecule has 2 amide bonds. The summed E-state index contributed by atoms with van der Waals surface area (Å²) < 4.78 is 12.2. The standard InChI is InChI=1S/C23H32N2O6/c1-3-5-11-24-12-8-10-23-16(19(27)25(13-14-26)18(23)20(24)28)17-21(29)30-15-7-6-9-22(17,4-2)31-23/h6,8-10,16-18,26H,3-5,7,11-15H2,1-2H3/t16-,17+,18?,22-,23-/m0/s1. The molecule has 5 atom stereocenters. The maximum Gasteiger partial charge on any atom is 0.313 e. The molecular weight excluding hydrogens is 400 g/mol. The number of hydrogen-bond donors (Lipinski definition) is 1. The highest BCUT2D eigenvalue weighted by atomic mass is 16.6. The van der Waals surface area contributed by atoms with E-state index in [1.807, 2.05) is 31.2 Å². The Labute approximate surface area is 182 Å². The van der Waals surface area contributed by atoms with E-state index in [9.17, 15) is 19.5 Å². The number of carbonyl (C=O) groups is 3. The van der Waals surface area contributed by atoms with Crippen LogP contribution in [0.25, 0.3) is 0 Å². The fraction of sp³-hybridized carbons (Fsp3) is 0.696. The number of fused-ring (bicyclic) bond motifs is 2. The van der Waals surface area contributed by atoms with Gasteiger partial charge < -0.3 is 24.4 Å². The van der Waals surface area contributed by atoms with E-state index in [2.05, 4.69) is 6.92 Å². The second-order valence-corrected chi connectivity index (χ2v) is 8.78. The molecule has 0 aliphatic carbocycles. The van der Waals surface area contributed by atoms with Crippen molar-refractivity contribution >= 4 is 17.8 Å². The van der Waals surface area contributed by atoms with Gasteiger partial charge in [0, 0.05) is 19.6 Å². The summed E-state index contributed by atoms with van der Waals surface area (Å²) in [5, 5.41) is 9.64. The van der Waals surface area contributed by atoms with Crippen molar-refractivity contribution in [1.82, 2.24) is 9.80 Å². The molecule has 0 aromatic rings. The maximum atomic E-state index is 13.7. The summed E-state index contributed by atoms with van der Waals surface area (Å²) in [6, 6.07) is -0.911. The molecule has 0 aromatic heterocycles. The number of aliphatic hydroxyl groups is 1. The van der Waals surface area contributed by atoms with Crippen LogP contribution in [0.3, 0.4) is 0 Å². The number of rotatable bonds is 6. The number of nitrogens with zero attached hydrogens (tertiary/aromatic N) is 2. The third-order valence-corrected chi connectivity index (χ3v) is 7.11. The number of amides is 2. The van der Waals surface area contributed by atoms with Crippen molar-refractivity contribution < 1.29 is 29.0 Å². The van der Waals surface area contributed by atoms with Gasteiger partial charge in [0.15, 0.2) is 0 Å². The molecule has 0 radical (unpaired) electrons. The Morgan fingerprint density at radius 3 is 2.61 bits per heavy atom. The van der Waals surface area contributed by atoms with E-state index in [1.54, 1.807) is 4.90 Å². The molecule has 1 unspecified atom stereocenters. The van der Waals surface area contributed by atoms with Crippen molar-refractivity contribution in [1.29, 1.82) is 0 Å². The number of likely N-dealkylation sites (tertiary alicyclic amines) is 1. The Morgan fingerprint density at radius 1 is 1.10 bits per heavy atom. The molecule has 4 rings (SSSR count). The van der Waals surface area contributed by atoms with Gasteiger partial charge in [-0.3, -0.25) is 14.4 Å². The Morgan fingerprint density at radius 2 is 1.90 bits per heavy atom. The fourth-order valence-electron chi connectivity index (χ4n) is 5.67. The van der Waals surface area contributed by atoms with Crippen LogP contribution in [0.2, 0.25) is 0 Å². The smallest absolute Gasteiger partial charge is 0.313 e. The number of esters is 1. The average Bonchev–Trinajstić information content (AvgIpc) is 3.09.